The van der Waals surface area contributed by atoms with Gasteiger partial charge in [-0.2, -0.15) is 10.4 Å². The van der Waals surface area contributed by atoms with Crippen molar-refractivity contribution >= 4 is 32.8 Å². The van der Waals surface area contributed by atoms with Crippen LogP contribution in [0.4, 0.5) is 23.0 Å². The molecule has 0 spiro atoms. The van der Waals surface area contributed by atoms with Crippen LogP contribution in [0.1, 0.15) is 11.1 Å². The SMILES string of the molecule is Cc1c(C#N)c(NCCO)nc(NCCO)c1/N=N/c1ccc(S(=O)(=O)CCN(CCO)CCO)cc1. The lowest BCUT2D eigenvalue weighted by atomic mass is 10.1. The van der Waals surface area contributed by atoms with Crippen molar-refractivity contribution in [1.29, 1.82) is 5.26 Å². The molecule has 37 heavy (non-hydrogen) atoms. The van der Waals surface area contributed by atoms with Gasteiger partial charge in [-0.1, -0.05) is 0 Å². The van der Waals surface area contributed by atoms with E-state index in [1.807, 2.05) is 0 Å². The molecule has 6 N–H and O–H groups in total. The molecule has 0 atom stereocenters. The van der Waals surface area contributed by atoms with Crippen LogP contribution in [0.5, 0.6) is 0 Å². The highest BCUT2D eigenvalue weighted by Crippen LogP contribution is 2.34. The number of nitrogens with zero attached hydrogens (tertiary/aromatic N) is 5. The maximum absolute atomic E-state index is 12.7. The summed E-state index contributed by atoms with van der Waals surface area (Å²) < 4.78 is 25.4. The normalized spacial score (nSPS) is 11.7. The molecule has 1 aromatic heterocycles. The zero-order chi connectivity index (χ0) is 27.3. The van der Waals surface area contributed by atoms with E-state index >= 15 is 0 Å². The second-order valence-electron chi connectivity index (χ2n) is 7.87. The molecule has 0 aliphatic carbocycles. The third-order valence-electron chi connectivity index (χ3n) is 5.31. The van der Waals surface area contributed by atoms with Crippen molar-refractivity contribution in [3.63, 3.8) is 0 Å². The van der Waals surface area contributed by atoms with E-state index in [1.54, 1.807) is 11.8 Å². The van der Waals surface area contributed by atoms with Gasteiger partial charge >= 0.3 is 0 Å². The third kappa shape index (κ3) is 8.71. The highest BCUT2D eigenvalue weighted by atomic mass is 32.2. The topological polar surface area (TPSA) is 204 Å². The lowest BCUT2D eigenvalue weighted by molar-refractivity contribution is 0.167. The van der Waals surface area contributed by atoms with Crippen molar-refractivity contribution in [3.05, 3.63) is 35.4 Å². The lowest BCUT2D eigenvalue weighted by Crippen LogP contribution is -2.34. The fraction of sp³-hybridized carbons (Fsp3) is 0.478. The van der Waals surface area contributed by atoms with Crippen LogP contribution in [0.2, 0.25) is 0 Å². The predicted molar refractivity (Wildman–Crippen MR) is 138 cm³/mol. The fourth-order valence-corrected chi connectivity index (χ4v) is 4.65. The van der Waals surface area contributed by atoms with Gasteiger partial charge in [-0.3, -0.25) is 4.90 Å². The molecule has 13 nitrogen and oxygen atoms in total. The van der Waals surface area contributed by atoms with Crippen molar-refractivity contribution in [3.8, 4) is 6.07 Å². The van der Waals surface area contributed by atoms with E-state index in [0.717, 1.165) is 0 Å². The van der Waals surface area contributed by atoms with Crippen molar-refractivity contribution in [2.75, 3.05) is 75.5 Å². The van der Waals surface area contributed by atoms with Gasteiger partial charge in [-0.15, -0.1) is 5.11 Å². The maximum atomic E-state index is 12.7. The molecule has 1 aromatic carbocycles. The number of nitrogens with one attached hydrogen (secondary N) is 2. The fourth-order valence-electron chi connectivity index (χ4n) is 3.37. The van der Waals surface area contributed by atoms with Crippen molar-refractivity contribution < 1.29 is 28.8 Å². The van der Waals surface area contributed by atoms with Crippen LogP contribution in [0.15, 0.2) is 39.4 Å². The Morgan fingerprint density at radius 1 is 0.919 bits per heavy atom. The lowest BCUT2D eigenvalue weighted by Gasteiger charge is -2.19. The predicted octanol–water partition coefficient (Wildman–Crippen LogP) is 0.546. The van der Waals surface area contributed by atoms with Gasteiger partial charge in [-0.25, -0.2) is 13.4 Å². The zero-order valence-corrected chi connectivity index (χ0v) is 21.4. The Morgan fingerprint density at radius 3 is 2.05 bits per heavy atom. The molecule has 0 aliphatic heterocycles. The van der Waals surface area contributed by atoms with Crippen LogP contribution >= 0.6 is 0 Å². The molecular formula is C23H33N7O6S. The molecule has 0 saturated heterocycles. The first-order valence-electron chi connectivity index (χ1n) is 11.6. The zero-order valence-electron chi connectivity index (χ0n) is 20.6. The smallest absolute Gasteiger partial charge is 0.179 e. The number of pyridine rings is 1. The number of sulfone groups is 1. The number of benzene rings is 1. The maximum Gasteiger partial charge on any atom is 0.179 e. The third-order valence-corrected chi connectivity index (χ3v) is 7.02. The van der Waals surface area contributed by atoms with E-state index in [-0.39, 0.29) is 92.7 Å². The Hall–Kier alpha value is -3.19. The molecule has 0 saturated carbocycles. The van der Waals surface area contributed by atoms with Crippen LogP contribution in [0, 0.1) is 18.3 Å². The number of rotatable bonds is 16. The summed E-state index contributed by atoms with van der Waals surface area (Å²) in [6, 6.07) is 7.92. The molecule has 0 fully saturated rings. The summed E-state index contributed by atoms with van der Waals surface area (Å²) >= 11 is 0. The minimum absolute atomic E-state index is 0.105. The largest absolute Gasteiger partial charge is 0.395 e. The first kappa shape index (κ1) is 30.0. The number of anilines is 2. The van der Waals surface area contributed by atoms with Gasteiger partial charge in [0.2, 0.25) is 0 Å². The van der Waals surface area contributed by atoms with Crippen LogP contribution < -0.4 is 10.6 Å². The molecule has 0 aliphatic rings. The van der Waals surface area contributed by atoms with E-state index in [1.165, 1.54) is 24.3 Å². The summed E-state index contributed by atoms with van der Waals surface area (Å²) in [6.07, 6.45) is 0. The van der Waals surface area contributed by atoms with E-state index in [9.17, 15) is 18.8 Å². The summed E-state index contributed by atoms with van der Waals surface area (Å²) in [4.78, 5) is 6.13. The summed E-state index contributed by atoms with van der Waals surface area (Å²) in [5.41, 5.74) is 1.37. The minimum Gasteiger partial charge on any atom is -0.395 e. The molecule has 2 rings (SSSR count). The van der Waals surface area contributed by atoms with Crippen LogP contribution in [-0.2, 0) is 9.84 Å². The van der Waals surface area contributed by atoms with Gasteiger partial charge < -0.3 is 31.1 Å². The highest BCUT2D eigenvalue weighted by Gasteiger charge is 2.18. The Bertz CT molecular complexity index is 1180. The number of hydrogen-bond donors (Lipinski definition) is 6. The Balaban J connectivity index is 2.27. The second-order valence-corrected chi connectivity index (χ2v) is 9.98. The quantitative estimate of drug-likeness (QED) is 0.164. The Labute approximate surface area is 216 Å². The van der Waals surface area contributed by atoms with E-state index in [2.05, 4.69) is 31.9 Å². The first-order valence-corrected chi connectivity index (χ1v) is 13.3. The van der Waals surface area contributed by atoms with Crippen molar-refractivity contribution in [2.45, 2.75) is 11.8 Å². The average Bonchev–Trinajstić information content (AvgIpc) is 2.89. The molecule has 1 heterocycles. The van der Waals surface area contributed by atoms with E-state index in [4.69, 9.17) is 15.3 Å². The van der Waals surface area contributed by atoms with E-state index < -0.39 is 9.84 Å². The summed E-state index contributed by atoms with van der Waals surface area (Å²) in [6.45, 7) is 2.17. The molecule has 0 unspecified atom stereocenters. The number of aliphatic hydroxyl groups is 4. The van der Waals surface area contributed by atoms with Gasteiger partial charge in [0, 0.05) is 38.3 Å². The number of azo groups is 1. The van der Waals surface area contributed by atoms with Crippen LogP contribution in [-0.4, -0.2) is 104 Å². The molecule has 202 valence electrons. The molecule has 14 heteroatoms. The van der Waals surface area contributed by atoms with Crippen molar-refractivity contribution in [1.82, 2.24) is 9.88 Å². The van der Waals surface area contributed by atoms with Gasteiger partial charge in [0.1, 0.15) is 17.6 Å². The number of aliphatic hydroxyl groups excluding tert-OH is 4. The molecule has 0 amide bonds. The Morgan fingerprint density at radius 2 is 1.51 bits per heavy atom. The monoisotopic (exact) mass is 535 g/mol. The second kappa shape index (κ2) is 15.2. The number of aromatic nitrogens is 1. The minimum atomic E-state index is -3.60. The Kier molecular flexibility index (Phi) is 12.3. The molecule has 2 aromatic rings. The van der Waals surface area contributed by atoms with Gasteiger partial charge in [0.05, 0.1) is 48.3 Å². The number of nitriles is 1. The average molecular weight is 536 g/mol. The number of hydrogen-bond acceptors (Lipinski definition) is 13. The highest BCUT2D eigenvalue weighted by molar-refractivity contribution is 7.91. The van der Waals surface area contributed by atoms with Gasteiger partial charge in [-0.05, 0) is 31.2 Å². The van der Waals surface area contributed by atoms with Gasteiger partial charge in [0.25, 0.3) is 0 Å². The summed E-state index contributed by atoms with van der Waals surface area (Å²) in [5, 5.41) is 60.3. The first-order chi connectivity index (χ1) is 17.8. The van der Waals surface area contributed by atoms with Crippen molar-refractivity contribution in [2.24, 2.45) is 10.2 Å². The molecule has 0 radical (unpaired) electrons. The summed E-state index contributed by atoms with van der Waals surface area (Å²) in [7, 11) is -3.60. The van der Waals surface area contributed by atoms with Crippen LogP contribution in [0.25, 0.3) is 0 Å². The van der Waals surface area contributed by atoms with Gasteiger partial charge in [0.15, 0.2) is 15.7 Å². The van der Waals surface area contributed by atoms with Crippen LogP contribution in [0.3, 0.4) is 0 Å². The summed E-state index contributed by atoms with van der Waals surface area (Å²) in [5.74, 6) is 0.371. The molecule has 0 bridgehead atoms. The standard InChI is InChI=1S/C23H33N7O6S/c1-17-20(16-24)22(25-6-11-31)27-23(26-7-12-32)21(17)29-28-18-2-4-19(5-3-18)37(35,36)15-10-30(8-13-33)9-14-34/h2-5,31-34H,6-15H2,1H3,(H2,25,26,27)/b29-28+. The molecular weight excluding hydrogens is 502 g/mol. The van der Waals surface area contributed by atoms with E-state index in [0.29, 0.717) is 11.3 Å².